The first-order valence-corrected chi connectivity index (χ1v) is 13.3. The van der Waals surface area contributed by atoms with Crippen molar-refractivity contribution in [3.05, 3.63) is 137 Å². The van der Waals surface area contributed by atoms with Crippen molar-refractivity contribution in [2.24, 2.45) is 0 Å². The summed E-state index contributed by atoms with van der Waals surface area (Å²) in [6.07, 6.45) is 0. The van der Waals surface area contributed by atoms with Gasteiger partial charge in [0.15, 0.2) is 0 Å². The number of nitrogens with zero attached hydrogens (tertiary/aromatic N) is 1. The van der Waals surface area contributed by atoms with Crippen molar-refractivity contribution >= 4 is 12.6 Å². The summed E-state index contributed by atoms with van der Waals surface area (Å²) in [4.78, 5) is 2.67. The third-order valence-electron chi connectivity index (χ3n) is 7.85. The third kappa shape index (κ3) is 4.43. The van der Waals surface area contributed by atoms with Crippen LogP contribution in [0.3, 0.4) is 0 Å². The second-order valence-electron chi connectivity index (χ2n) is 9.95. The standard InChI is InChI=1S/C32H33BN2O2/c1-25-31-18-17-30(33-36-21-19-34-20-22-37-33)23-26(31)24-35(25)32(27-11-5-2-6-12-27,28-13-7-3-8-14-28)29-15-9-4-10-16-29/h2-18,23,25,34H,19-22,24H2,1H3/p+1/t25-/m0/s1. The van der Waals surface area contributed by atoms with Crippen LogP contribution in [0.1, 0.15) is 40.8 Å². The average molecular weight is 489 g/mol. The molecule has 37 heavy (non-hydrogen) atoms. The van der Waals surface area contributed by atoms with Gasteiger partial charge in [-0.25, -0.2) is 0 Å². The van der Waals surface area contributed by atoms with Crippen molar-refractivity contribution in [1.29, 1.82) is 0 Å². The third-order valence-corrected chi connectivity index (χ3v) is 7.85. The molecular weight excluding hydrogens is 455 g/mol. The molecule has 1 atom stereocenters. The lowest BCUT2D eigenvalue weighted by Crippen LogP contribution is -2.46. The maximum absolute atomic E-state index is 6.11. The zero-order valence-electron chi connectivity index (χ0n) is 21.4. The minimum atomic E-state index is -0.435. The van der Waals surface area contributed by atoms with Gasteiger partial charge in [-0.1, -0.05) is 109 Å². The van der Waals surface area contributed by atoms with E-state index in [0.29, 0.717) is 6.61 Å². The second kappa shape index (κ2) is 10.6. The van der Waals surface area contributed by atoms with Gasteiger partial charge in [0.05, 0.1) is 12.1 Å². The van der Waals surface area contributed by atoms with Crippen molar-refractivity contribution < 1.29 is 9.31 Å². The van der Waals surface area contributed by atoms with Gasteiger partial charge in [0, 0.05) is 31.2 Å². The average Bonchev–Trinajstić information content (AvgIpc) is 3.26. The van der Waals surface area contributed by atoms with Crippen LogP contribution in [-0.2, 0) is 16.7 Å². The maximum Gasteiger partial charge on any atom is 0.731 e. The number of hydrogen-bond acceptors (Lipinski definition) is 3. The fraction of sp³-hybridized carbons (Fsp3) is 0.250. The van der Waals surface area contributed by atoms with Crippen molar-refractivity contribution in [3.8, 4) is 0 Å². The van der Waals surface area contributed by atoms with E-state index in [0.717, 1.165) is 31.7 Å². The Kier molecular flexibility index (Phi) is 6.94. The highest BCUT2D eigenvalue weighted by atomic mass is 16.6. The Bertz CT molecular complexity index is 1210. The van der Waals surface area contributed by atoms with Crippen molar-refractivity contribution in [2.75, 3.05) is 26.3 Å². The lowest BCUT2D eigenvalue weighted by Gasteiger charge is -2.46. The normalized spacial score (nSPS) is 18.7. The van der Waals surface area contributed by atoms with Gasteiger partial charge >= 0.3 is 7.12 Å². The van der Waals surface area contributed by atoms with Crippen LogP contribution in [0.4, 0.5) is 0 Å². The predicted octanol–water partition coefficient (Wildman–Crippen LogP) is 4.40. The lowest BCUT2D eigenvalue weighted by molar-refractivity contribution is 0.0717. The SMILES string of the molecule is C[C@H]1c2ccc(B3OCCNCC[OH+]3)cc2CN1C(c1ccccc1)(c1ccccc1)c1ccccc1. The Morgan fingerprint density at radius 1 is 0.811 bits per heavy atom. The van der Waals surface area contributed by atoms with E-state index in [4.69, 9.17) is 9.31 Å². The summed E-state index contributed by atoms with van der Waals surface area (Å²) in [6, 6.07) is 40.0. The molecule has 0 saturated carbocycles. The molecule has 6 rings (SSSR count). The molecule has 0 aromatic heterocycles. The molecule has 2 heterocycles. The molecule has 1 fully saturated rings. The summed E-state index contributed by atoms with van der Waals surface area (Å²) in [5, 5.41) is 3.35. The van der Waals surface area contributed by atoms with Crippen LogP contribution < -0.4 is 10.8 Å². The Hall–Kier alpha value is -3.22. The van der Waals surface area contributed by atoms with E-state index in [-0.39, 0.29) is 13.2 Å². The first-order chi connectivity index (χ1) is 18.3. The van der Waals surface area contributed by atoms with Gasteiger partial charge < -0.3 is 14.6 Å². The molecule has 0 spiro atoms. The highest BCUT2D eigenvalue weighted by Crippen LogP contribution is 2.50. The van der Waals surface area contributed by atoms with Crippen molar-refractivity contribution in [2.45, 2.75) is 25.0 Å². The van der Waals surface area contributed by atoms with Gasteiger partial charge in [-0.3, -0.25) is 4.90 Å². The van der Waals surface area contributed by atoms with Gasteiger partial charge in [0.25, 0.3) is 0 Å². The zero-order valence-corrected chi connectivity index (χ0v) is 21.4. The molecule has 5 heteroatoms. The summed E-state index contributed by atoms with van der Waals surface area (Å²) >= 11 is 0. The Balaban J connectivity index is 1.47. The maximum atomic E-state index is 6.11. The minimum absolute atomic E-state index is 0.195. The van der Waals surface area contributed by atoms with Crippen molar-refractivity contribution in [1.82, 2.24) is 10.2 Å². The summed E-state index contributed by atoms with van der Waals surface area (Å²) in [7, 11) is -0.195. The molecule has 0 aliphatic carbocycles. The highest BCUT2D eigenvalue weighted by Gasteiger charge is 2.47. The van der Waals surface area contributed by atoms with E-state index in [1.165, 1.54) is 27.8 Å². The molecule has 0 amide bonds. The molecule has 1 saturated heterocycles. The molecule has 2 aliphatic rings. The molecule has 0 radical (unpaired) electrons. The first-order valence-electron chi connectivity index (χ1n) is 13.3. The summed E-state index contributed by atoms with van der Waals surface area (Å²) < 4.78 is 10.9. The Morgan fingerprint density at radius 3 is 2.00 bits per heavy atom. The Morgan fingerprint density at radius 2 is 1.41 bits per heavy atom. The van der Waals surface area contributed by atoms with Gasteiger partial charge in [-0.15, -0.1) is 0 Å². The van der Waals surface area contributed by atoms with E-state index < -0.39 is 5.54 Å². The van der Waals surface area contributed by atoms with E-state index in [2.05, 4.69) is 126 Å². The molecule has 2 N–H and O–H groups in total. The lowest BCUT2D eigenvalue weighted by atomic mass is 9.75. The van der Waals surface area contributed by atoms with Crippen LogP contribution in [0.15, 0.2) is 109 Å². The summed E-state index contributed by atoms with van der Waals surface area (Å²) in [6.45, 7) is 6.41. The summed E-state index contributed by atoms with van der Waals surface area (Å²) in [5.41, 5.74) is 7.28. The number of hydrogen-bond donors (Lipinski definition) is 1. The van der Waals surface area contributed by atoms with Crippen LogP contribution in [0.2, 0.25) is 0 Å². The monoisotopic (exact) mass is 489 g/mol. The number of fused-ring (bicyclic) bond motifs is 1. The second-order valence-corrected chi connectivity index (χ2v) is 9.95. The molecule has 4 aromatic carbocycles. The largest absolute Gasteiger partial charge is 0.731 e. The topological polar surface area (TPSA) is 37.3 Å². The molecule has 4 nitrogen and oxygen atoms in total. The molecule has 0 unspecified atom stereocenters. The van der Waals surface area contributed by atoms with Gasteiger partial charge in [-0.05, 0) is 34.7 Å². The van der Waals surface area contributed by atoms with E-state index >= 15 is 0 Å². The van der Waals surface area contributed by atoms with Crippen LogP contribution >= 0.6 is 0 Å². The Labute approximate surface area is 220 Å². The van der Waals surface area contributed by atoms with E-state index in [1.807, 2.05) is 0 Å². The number of aliphatic hydroxyl groups is 1. The van der Waals surface area contributed by atoms with Crippen LogP contribution in [0.5, 0.6) is 0 Å². The first kappa shape index (κ1) is 24.1. The number of benzene rings is 4. The van der Waals surface area contributed by atoms with Crippen molar-refractivity contribution in [3.63, 3.8) is 0 Å². The smallest absolute Gasteiger partial charge is 0.510 e. The molecule has 2 aliphatic heterocycles. The van der Waals surface area contributed by atoms with E-state index in [9.17, 15) is 0 Å². The van der Waals surface area contributed by atoms with Crippen LogP contribution in [-0.4, -0.2) is 43.0 Å². The fourth-order valence-electron chi connectivity index (χ4n) is 6.14. The highest BCUT2D eigenvalue weighted by molar-refractivity contribution is 6.60. The minimum Gasteiger partial charge on any atom is -0.510 e. The van der Waals surface area contributed by atoms with Crippen LogP contribution in [0.25, 0.3) is 0 Å². The number of rotatable bonds is 5. The fourth-order valence-corrected chi connectivity index (χ4v) is 6.14. The molecular formula is C32H34BN2O2+. The summed E-state index contributed by atoms with van der Waals surface area (Å²) in [5.74, 6) is 0. The quantitative estimate of drug-likeness (QED) is 0.257. The van der Waals surface area contributed by atoms with E-state index in [1.54, 1.807) is 0 Å². The van der Waals surface area contributed by atoms with Gasteiger partial charge in [0.2, 0.25) is 0 Å². The molecule has 186 valence electrons. The van der Waals surface area contributed by atoms with Gasteiger partial charge in [0.1, 0.15) is 6.61 Å². The number of nitrogens with one attached hydrogen (secondary N) is 1. The molecule has 0 bridgehead atoms. The zero-order chi connectivity index (χ0) is 25.1. The molecule has 4 aromatic rings. The van der Waals surface area contributed by atoms with Gasteiger partial charge in [-0.2, -0.15) is 0 Å². The predicted molar refractivity (Wildman–Crippen MR) is 151 cm³/mol. The van der Waals surface area contributed by atoms with Crippen LogP contribution in [0, 0.1) is 0 Å².